The Bertz CT molecular complexity index is 805. The van der Waals surface area contributed by atoms with E-state index in [4.69, 9.17) is 10.6 Å². The maximum atomic E-state index is 11.3. The van der Waals surface area contributed by atoms with Gasteiger partial charge in [-0.1, -0.05) is 65.0 Å². The van der Waals surface area contributed by atoms with Crippen LogP contribution in [0.3, 0.4) is 0 Å². The molecule has 0 unspecified atom stereocenters. The third-order valence-electron chi connectivity index (χ3n) is 5.38. The minimum absolute atomic E-state index is 0. The largest absolute Gasteiger partial charge is 0.366 e. The Balaban J connectivity index is 0.000000730. The Morgan fingerprint density at radius 1 is 1.09 bits per heavy atom. The first kappa shape index (κ1) is 27.8. The number of carbonyl (C=O) groups excluding carboxylic acids is 1. The van der Waals surface area contributed by atoms with Gasteiger partial charge in [0.1, 0.15) is 0 Å². The quantitative estimate of drug-likeness (QED) is 0.596. The van der Waals surface area contributed by atoms with Gasteiger partial charge in [0.05, 0.1) is 6.61 Å². The summed E-state index contributed by atoms with van der Waals surface area (Å²) >= 11 is 0. The van der Waals surface area contributed by atoms with Gasteiger partial charge in [0.15, 0.2) is 0 Å². The molecule has 1 aliphatic rings. The van der Waals surface area contributed by atoms with Crippen LogP contribution >= 0.6 is 0 Å². The third kappa shape index (κ3) is 9.94. The van der Waals surface area contributed by atoms with Crippen LogP contribution in [0, 0.1) is 11.8 Å². The highest BCUT2D eigenvalue weighted by molar-refractivity contribution is 5.94. The van der Waals surface area contributed by atoms with Crippen LogP contribution in [-0.2, 0) is 11.4 Å². The molecule has 5 nitrogen and oxygen atoms in total. The zero-order valence-corrected chi connectivity index (χ0v) is 21.1. The van der Waals surface area contributed by atoms with Crippen LogP contribution in [-0.4, -0.2) is 49.7 Å². The summed E-state index contributed by atoms with van der Waals surface area (Å²) in [7, 11) is 4.25. The van der Waals surface area contributed by atoms with Crippen molar-refractivity contribution in [2.45, 2.75) is 47.6 Å². The van der Waals surface area contributed by atoms with Gasteiger partial charge in [-0.25, -0.2) is 0 Å². The van der Waals surface area contributed by atoms with Crippen LogP contribution in [0.2, 0.25) is 0 Å². The molecule has 0 bridgehead atoms. The monoisotopic (exact) mass is 443 g/mol. The van der Waals surface area contributed by atoms with Gasteiger partial charge in [-0.2, -0.15) is 5.06 Å². The molecule has 0 spiro atoms. The average molecular weight is 444 g/mol. The second kappa shape index (κ2) is 14.8. The number of nitrogens with zero attached hydrogens (tertiary/aromatic N) is 2. The molecule has 1 heterocycles. The van der Waals surface area contributed by atoms with Crippen molar-refractivity contribution in [3.63, 3.8) is 0 Å². The summed E-state index contributed by atoms with van der Waals surface area (Å²) < 4.78 is 0. The summed E-state index contributed by atoms with van der Waals surface area (Å²) in [6, 6.07) is 15.7. The lowest BCUT2D eigenvalue weighted by Crippen LogP contribution is -2.22. The van der Waals surface area contributed by atoms with E-state index in [1.165, 1.54) is 12.1 Å². The number of hydroxylamine groups is 2. The molecule has 180 valence electrons. The predicted molar refractivity (Wildman–Crippen MR) is 137 cm³/mol. The van der Waals surface area contributed by atoms with Gasteiger partial charge in [0.2, 0.25) is 5.91 Å². The van der Waals surface area contributed by atoms with Crippen LogP contribution in [0.1, 0.15) is 58.4 Å². The number of carbonyl (C=O) groups is 1. The van der Waals surface area contributed by atoms with Crippen molar-refractivity contribution in [3.05, 3.63) is 59.7 Å². The minimum atomic E-state index is -0.404. The summed E-state index contributed by atoms with van der Waals surface area (Å²) in [6.07, 6.45) is 1.08. The van der Waals surface area contributed by atoms with E-state index in [0.717, 1.165) is 49.1 Å². The highest BCUT2D eigenvalue weighted by Crippen LogP contribution is 2.23. The third-order valence-corrected chi connectivity index (χ3v) is 5.38. The maximum Gasteiger partial charge on any atom is 0.248 e. The number of rotatable bonds is 7. The molecule has 0 aromatic heterocycles. The Morgan fingerprint density at radius 2 is 1.72 bits per heavy atom. The summed E-state index contributed by atoms with van der Waals surface area (Å²) in [5, 5.41) is 1.99. The van der Waals surface area contributed by atoms with E-state index in [2.05, 4.69) is 51.9 Å². The van der Waals surface area contributed by atoms with E-state index in [-0.39, 0.29) is 1.43 Å². The number of hydrogen-bond acceptors (Lipinski definition) is 4. The molecule has 0 aliphatic carbocycles. The molecular formula is C27H45N3O2. The first-order valence-corrected chi connectivity index (χ1v) is 11.8. The van der Waals surface area contributed by atoms with Gasteiger partial charge < -0.3 is 10.6 Å². The number of nitrogens with two attached hydrogens (primary N) is 1. The molecule has 0 radical (unpaired) electrons. The van der Waals surface area contributed by atoms with Gasteiger partial charge in [0, 0.05) is 26.6 Å². The molecule has 1 aliphatic heterocycles. The van der Waals surface area contributed by atoms with E-state index in [0.29, 0.717) is 5.56 Å². The molecule has 3 rings (SSSR count). The van der Waals surface area contributed by atoms with Gasteiger partial charge in [-0.05, 0) is 67.2 Å². The van der Waals surface area contributed by atoms with E-state index < -0.39 is 5.91 Å². The Kier molecular flexibility index (Phi) is 12.8. The Labute approximate surface area is 197 Å². The Hall–Kier alpha value is -2.21. The number of hydrogen-bond donors (Lipinski definition) is 1. The molecule has 2 N–H and O–H groups in total. The fourth-order valence-corrected chi connectivity index (χ4v) is 3.32. The molecule has 1 atom stereocenters. The van der Waals surface area contributed by atoms with Crippen molar-refractivity contribution in [3.8, 4) is 11.1 Å². The molecule has 2 aromatic rings. The van der Waals surface area contributed by atoms with Crippen LogP contribution in [0.4, 0.5) is 0 Å². The second-order valence-corrected chi connectivity index (χ2v) is 8.68. The molecule has 32 heavy (non-hydrogen) atoms. The molecule has 1 fully saturated rings. The zero-order chi connectivity index (χ0) is 24.1. The lowest BCUT2D eigenvalue weighted by molar-refractivity contribution is -0.117. The standard InChI is InChI=1S/C17H18N2O2.C8H19N.C2H6.H2/c18-17(20)16-7-2-6-15(11-16)14-5-1-4-13(10-14)12-19-8-3-9-21-19;1-7(2)8(3)6-9(4)5;1-2;/h1-2,4-7,10-11H,3,8-9,12H2,(H2,18,20);7-8H,6H2,1-5H3;1-2H3;1H/t;8-;;/m.0../s1. The fraction of sp³-hybridized carbons (Fsp3) is 0.519. The predicted octanol–water partition coefficient (Wildman–Crippen LogP) is 5.70. The van der Waals surface area contributed by atoms with Crippen LogP contribution in [0.15, 0.2) is 48.5 Å². The molecule has 5 heteroatoms. The van der Waals surface area contributed by atoms with Gasteiger partial charge in [-0.3, -0.25) is 9.63 Å². The van der Waals surface area contributed by atoms with E-state index in [1.54, 1.807) is 6.07 Å². The van der Waals surface area contributed by atoms with Crippen LogP contribution < -0.4 is 5.73 Å². The number of benzene rings is 2. The Morgan fingerprint density at radius 3 is 2.22 bits per heavy atom. The van der Waals surface area contributed by atoms with Crippen molar-refractivity contribution < 1.29 is 11.1 Å². The summed E-state index contributed by atoms with van der Waals surface area (Å²) in [5.41, 5.74) is 9.13. The molecule has 0 saturated carbocycles. The first-order chi connectivity index (χ1) is 15.3. The number of amides is 1. The minimum Gasteiger partial charge on any atom is -0.366 e. The molecule has 1 amide bonds. The first-order valence-electron chi connectivity index (χ1n) is 11.8. The topological polar surface area (TPSA) is 58.8 Å². The van der Waals surface area contributed by atoms with Crippen LogP contribution in [0.25, 0.3) is 11.1 Å². The van der Waals surface area contributed by atoms with Crippen molar-refractivity contribution in [1.82, 2.24) is 9.96 Å². The van der Waals surface area contributed by atoms with Crippen molar-refractivity contribution in [2.24, 2.45) is 17.6 Å². The highest BCUT2D eigenvalue weighted by atomic mass is 16.7. The van der Waals surface area contributed by atoms with E-state index >= 15 is 0 Å². The van der Waals surface area contributed by atoms with Crippen molar-refractivity contribution in [1.29, 1.82) is 0 Å². The fourth-order valence-electron chi connectivity index (χ4n) is 3.32. The maximum absolute atomic E-state index is 11.3. The average Bonchev–Trinajstić information content (AvgIpc) is 3.28. The smallest absolute Gasteiger partial charge is 0.248 e. The van der Waals surface area contributed by atoms with E-state index in [9.17, 15) is 4.79 Å². The molecule has 1 saturated heterocycles. The summed E-state index contributed by atoms with van der Waals surface area (Å²) in [6.45, 7) is 14.6. The summed E-state index contributed by atoms with van der Waals surface area (Å²) in [5.74, 6) is 1.23. The van der Waals surface area contributed by atoms with Gasteiger partial charge in [0.25, 0.3) is 0 Å². The zero-order valence-electron chi connectivity index (χ0n) is 21.1. The number of primary amides is 1. The lowest BCUT2D eigenvalue weighted by Gasteiger charge is -2.19. The lowest BCUT2D eigenvalue weighted by atomic mass is 9.98. The SMILES string of the molecule is CC.CC(C)[C@@H](C)CN(C)C.NC(=O)c1cccc(-c2cccc(CN3CCCO3)c2)c1.[HH]. The van der Waals surface area contributed by atoms with E-state index in [1.807, 2.05) is 49.2 Å². The molecule has 2 aromatic carbocycles. The van der Waals surface area contributed by atoms with Crippen molar-refractivity contribution >= 4 is 5.91 Å². The van der Waals surface area contributed by atoms with Crippen LogP contribution in [0.5, 0.6) is 0 Å². The second-order valence-electron chi connectivity index (χ2n) is 8.68. The molecular weight excluding hydrogens is 398 g/mol. The van der Waals surface area contributed by atoms with Crippen molar-refractivity contribution in [2.75, 3.05) is 33.8 Å². The summed E-state index contributed by atoms with van der Waals surface area (Å²) in [4.78, 5) is 19.0. The van der Waals surface area contributed by atoms with Gasteiger partial charge >= 0.3 is 0 Å². The highest BCUT2D eigenvalue weighted by Gasteiger charge is 2.13. The normalized spacial score (nSPS) is 14.4. The van der Waals surface area contributed by atoms with Gasteiger partial charge in [-0.15, -0.1) is 0 Å².